The van der Waals surface area contributed by atoms with Crippen LogP contribution in [-0.4, -0.2) is 32.9 Å². The minimum absolute atomic E-state index is 0.0348. The summed E-state index contributed by atoms with van der Waals surface area (Å²) >= 11 is 0. The number of nitrogens with zero attached hydrogens (tertiary/aromatic N) is 1. The first-order valence-electron chi connectivity index (χ1n) is 7.20. The molecule has 0 heterocycles. The third kappa shape index (κ3) is 3.81. The highest BCUT2D eigenvalue weighted by Gasteiger charge is 2.29. The van der Waals surface area contributed by atoms with Gasteiger partial charge in [-0.2, -0.15) is 0 Å². The van der Waals surface area contributed by atoms with E-state index in [1.54, 1.807) is 12.1 Å². The Labute approximate surface area is 141 Å². The maximum Gasteiger partial charge on any atom is 0.269 e. The minimum atomic E-state index is -4.01. The molecule has 24 heavy (non-hydrogen) atoms. The maximum atomic E-state index is 12.9. The highest BCUT2D eigenvalue weighted by atomic mass is 32.2. The molecule has 0 saturated heterocycles. The molecule has 0 spiro atoms. The molecule has 0 N–H and O–H groups in total. The molecule has 0 aliphatic heterocycles. The predicted octanol–water partition coefficient (Wildman–Crippen LogP) is 2.65. The molecule has 2 aromatic rings. The summed E-state index contributed by atoms with van der Waals surface area (Å²) < 4.78 is 31.9. The van der Waals surface area contributed by atoms with Crippen molar-refractivity contribution in [3.63, 3.8) is 0 Å². The van der Waals surface area contributed by atoms with Crippen molar-refractivity contribution >= 4 is 15.8 Å². The lowest BCUT2D eigenvalue weighted by molar-refractivity contribution is -0.0557. The van der Waals surface area contributed by atoms with Crippen LogP contribution in [-0.2, 0) is 21.4 Å². The van der Waals surface area contributed by atoms with Gasteiger partial charge in [-0.05, 0) is 30.7 Å². The van der Waals surface area contributed by atoms with Crippen LogP contribution in [0.4, 0.5) is 0 Å². The fraction of sp³-hybridized carbons (Fsp3) is 0.235. The monoisotopic (exact) mass is 349 g/mol. The van der Waals surface area contributed by atoms with Crippen molar-refractivity contribution < 1.29 is 22.8 Å². The molecule has 0 saturated carbocycles. The van der Waals surface area contributed by atoms with E-state index >= 15 is 0 Å². The van der Waals surface area contributed by atoms with Gasteiger partial charge in [0.05, 0.1) is 20.8 Å². The van der Waals surface area contributed by atoms with Crippen LogP contribution < -0.4 is 4.74 Å². The van der Waals surface area contributed by atoms with Gasteiger partial charge in [-0.3, -0.25) is 9.63 Å². The number of benzene rings is 2. The number of Topliss-reactive ketones (excluding diaryl/α,β-unsaturated/α-hetero) is 1. The van der Waals surface area contributed by atoms with E-state index in [2.05, 4.69) is 0 Å². The molecule has 0 aliphatic carbocycles. The second-order valence-electron chi connectivity index (χ2n) is 5.06. The van der Waals surface area contributed by atoms with Crippen molar-refractivity contribution in [3.8, 4) is 5.75 Å². The first kappa shape index (κ1) is 18.1. The molecule has 7 heteroatoms. The number of ether oxygens (including phenoxy) is 1. The van der Waals surface area contributed by atoms with Crippen LogP contribution in [0.2, 0.25) is 0 Å². The molecule has 0 bridgehead atoms. The average molecular weight is 349 g/mol. The van der Waals surface area contributed by atoms with Gasteiger partial charge in [-0.1, -0.05) is 34.8 Å². The lowest BCUT2D eigenvalue weighted by Gasteiger charge is -2.21. The van der Waals surface area contributed by atoms with Crippen LogP contribution in [0.5, 0.6) is 5.75 Å². The van der Waals surface area contributed by atoms with E-state index in [1.165, 1.54) is 39.3 Å². The van der Waals surface area contributed by atoms with Crippen molar-refractivity contribution in [3.05, 3.63) is 59.7 Å². The fourth-order valence-corrected chi connectivity index (χ4v) is 3.60. The van der Waals surface area contributed by atoms with Crippen molar-refractivity contribution in [2.75, 3.05) is 14.2 Å². The Morgan fingerprint density at radius 3 is 2.29 bits per heavy atom. The number of rotatable bonds is 7. The standard InChI is InChI=1S/C17H19NO5S/c1-13(19)15-9-10-16(22-2)17(11-15)24(20,21)18(23-3)12-14-7-5-4-6-8-14/h4-11H,12H2,1-3H3. The summed E-state index contributed by atoms with van der Waals surface area (Å²) in [6.45, 7) is 1.41. The van der Waals surface area contributed by atoms with E-state index in [9.17, 15) is 13.2 Å². The van der Waals surface area contributed by atoms with Gasteiger partial charge in [0.1, 0.15) is 10.6 Å². The second kappa shape index (κ2) is 7.57. The van der Waals surface area contributed by atoms with Crippen LogP contribution in [0, 0.1) is 0 Å². The predicted molar refractivity (Wildman–Crippen MR) is 89.2 cm³/mol. The van der Waals surface area contributed by atoms with Crippen molar-refractivity contribution in [1.29, 1.82) is 0 Å². The zero-order valence-electron chi connectivity index (χ0n) is 13.7. The topological polar surface area (TPSA) is 72.9 Å². The van der Waals surface area contributed by atoms with E-state index < -0.39 is 10.0 Å². The summed E-state index contributed by atoms with van der Waals surface area (Å²) in [7, 11) is -1.36. The average Bonchev–Trinajstić information content (AvgIpc) is 2.59. The summed E-state index contributed by atoms with van der Waals surface area (Å²) in [6.07, 6.45) is 0. The molecule has 0 aromatic heterocycles. The van der Waals surface area contributed by atoms with Crippen molar-refractivity contribution in [2.45, 2.75) is 18.4 Å². The van der Waals surface area contributed by atoms with E-state index in [1.807, 2.05) is 18.2 Å². The number of ketones is 1. The molecule has 0 unspecified atom stereocenters. The smallest absolute Gasteiger partial charge is 0.269 e. The molecule has 6 nitrogen and oxygen atoms in total. The number of carbonyl (C=O) groups excluding carboxylic acids is 1. The molecular weight excluding hydrogens is 330 g/mol. The normalized spacial score (nSPS) is 11.5. The number of sulfonamides is 1. The zero-order valence-corrected chi connectivity index (χ0v) is 14.5. The van der Waals surface area contributed by atoms with Gasteiger partial charge in [-0.15, -0.1) is 0 Å². The van der Waals surface area contributed by atoms with E-state index in [0.717, 1.165) is 10.0 Å². The zero-order chi connectivity index (χ0) is 17.7. The number of hydroxylamine groups is 1. The maximum absolute atomic E-state index is 12.9. The van der Waals surface area contributed by atoms with Gasteiger partial charge < -0.3 is 4.74 Å². The Kier molecular flexibility index (Phi) is 5.71. The van der Waals surface area contributed by atoms with Crippen molar-refractivity contribution in [1.82, 2.24) is 4.47 Å². The van der Waals surface area contributed by atoms with Crippen molar-refractivity contribution in [2.24, 2.45) is 0 Å². The van der Waals surface area contributed by atoms with Gasteiger partial charge in [0.2, 0.25) is 0 Å². The van der Waals surface area contributed by atoms with Crippen LogP contribution in [0.1, 0.15) is 22.8 Å². The highest BCUT2D eigenvalue weighted by Crippen LogP contribution is 2.29. The molecule has 0 fully saturated rings. The minimum Gasteiger partial charge on any atom is -0.495 e. The van der Waals surface area contributed by atoms with Crippen LogP contribution >= 0.6 is 0 Å². The Morgan fingerprint density at radius 2 is 1.75 bits per heavy atom. The van der Waals surface area contributed by atoms with Gasteiger partial charge >= 0.3 is 0 Å². The molecule has 2 rings (SSSR count). The van der Waals surface area contributed by atoms with Gasteiger partial charge in [0.25, 0.3) is 10.0 Å². The molecular formula is C17H19NO5S. The molecule has 0 amide bonds. The number of hydrogen-bond acceptors (Lipinski definition) is 5. The Bertz CT molecular complexity index is 818. The third-order valence-electron chi connectivity index (χ3n) is 3.47. The number of hydrogen-bond donors (Lipinski definition) is 0. The van der Waals surface area contributed by atoms with Gasteiger partial charge in [-0.25, -0.2) is 8.42 Å². The number of carbonyl (C=O) groups is 1. The summed E-state index contributed by atoms with van der Waals surface area (Å²) in [4.78, 5) is 16.5. The van der Waals surface area contributed by atoms with Gasteiger partial charge in [0.15, 0.2) is 5.78 Å². The molecule has 0 radical (unpaired) electrons. The second-order valence-corrected chi connectivity index (χ2v) is 6.85. The Hall–Kier alpha value is -2.22. The largest absolute Gasteiger partial charge is 0.495 e. The first-order valence-corrected chi connectivity index (χ1v) is 8.64. The summed E-state index contributed by atoms with van der Waals surface area (Å²) in [5.41, 5.74) is 1.05. The Morgan fingerprint density at radius 1 is 1.08 bits per heavy atom. The van der Waals surface area contributed by atoms with Crippen LogP contribution in [0.25, 0.3) is 0 Å². The molecule has 0 atom stereocenters. The van der Waals surface area contributed by atoms with E-state index in [-0.39, 0.29) is 28.5 Å². The lowest BCUT2D eigenvalue weighted by Crippen LogP contribution is -2.30. The summed E-state index contributed by atoms with van der Waals surface area (Å²) in [6, 6.07) is 13.3. The summed E-state index contributed by atoms with van der Waals surface area (Å²) in [5, 5.41) is 0. The Balaban J connectivity index is 2.47. The highest BCUT2D eigenvalue weighted by molar-refractivity contribution is 7.89. The van der Waals surface area contributed by atoms with Gasteiger partial charge in [0, 0.05) is 5.56 Å². The van der Waals surface area contributed by atoms with E-state index in [4.69, 9.17) is 9.57 Å². The van der Waals surface area contributed by atoms with Crippen LogP contribution in [0.15, 0.2) is 53.4 Å². The molecule has 0 aliphatic rings. The SMILES string of the molecule is COc1ccc(C(C)=O)cc1S(=O)(=O)N(Cc1ccccc1)OC. The third-order valence-corrected chi connectivity index (χ3v) is 5.16. The number of methoxy groups -OCH3 is 1. The fourth-order valence-electron chi connectivity index (χ4n) is 2.19. The van der Waals surface area contributed by atoms with Crippen LogP contribution in [0.3, 0.4) is 0 Å². The van der Waals surface area contributed by atoms with E-state index in [0.29, 0.717) is 0 Å². The first-order chi connectivity index (χ1) is 11.4. The quantitative estimate of drug-likeness (QED) is 0.567. The lowest BCUT2D eigenvalue weighted by atomic mass is 10.1. The molecule has 2 aromatic carbocycles. The molecule has 128 valence electrons. The summed E-state index contributed by atoms with van der Waals surface area (Å²) in [5.74, 6) is -0.0868.